The lowest BCUT2D eigenvalue weighted by Gasteiger charge is -2.43. The Labute approximate surface area is 66.3 Å². The van der Waals surface area contributed by atoms with E-state index < -0.39 is 0 Å². The summed E-state index contributed by atoms with van der Waals surface area (Å²) in [6.07, 6.45) is 1.08. The van der Waals surface area contributed by atoms with Gasteiger partial charge in [-0.15, -0.1) is 0 Å². The van der Waals surface area contributed by atoms with Crippen molar-refractivity contribution in [1.82, 2.24) is 26.6 Å². The second-order valence-corrected chi connectivity index (χ2v) is 2.97. The van der Waals surface area contributed by atoms with Gasteiger partial charge in [0.15, 0.2) is 0 Å². The number of rotatable bonds is 0. The molecular weight excluding hydrogens is 142 g/mol. The van der Waals surface area contributed by atoms with Crippen LogP contribution in [0.5, 0.6) is 0 Å². The van der Waals surface area contributed by atoms with Gasteiger partial charge in [0.05, 0.1) is 0 Å². The normalized spacial score (nSPS) is 30.5. The van der Waals surface area contributed by atoms with Crippen molar-refractivity contribution >= 4 is 0 Å². The van der Waals surface area contributed by atoms with Gasteiger partial charge in [0.2, 0.25) is 0 Å². The van der Waals surface area contributed by atoms with Crippen molar-refractivity contribution in [3.63, 3.8) is 0 Å². The zero-order chi connectivity index (χ0) is 7.57. The van der Waals surface area contributed by atoms with Gasteiger partial charge in [0.1, 0.15) is 5.79 Å². The highest BCUT2D eigenvalue weighted by Crippen LogP contribution is 2.04. The van der Waals surface area contributed by atoms with Gasteiger partial charge in [0, 0.05) is 33.0 Å². The summed E-state index contributed by atoms with van der Waals surface area (Å²) >= 11 is 0. The summed E-state index contributed by atoms with van der Waals surface area (Å²) in [5, 5.41) is 16.5. The van der Waals surface area contributed by atoms with Crippen LogP contribution in [0.3, 0.4) is 0 Å². The van der Waals surface area contributed by atoms with E-state index in [-0.39, 0.29) is 5.79 Å². The first-order chi connectivity index (χ1) is 5.41. The Balaban J connectivity index is 1.94. The molecule has 0 aromatic rings. The molecule has 1 spiro atoms. The van der Waals surface area contributed by atoms with Crippen molar-refractivity contribution in [3.05, 3.63) is 0 Å². The van der Waals surface area contributed by atoms with Gasteiger partial charge in [-0.2, -0.15) is 0 Å². The minimum Gasteiger partial charge on any atom is -0.304 e. The Morgan fingerprint density at radius 3 is 2.09 bits per heavy atom. The van der Waals surface area contributed by atoms with E-state index in [1.54, 1.807) is 0 Å². The summed E-state index contributed by atoms with van der Waals surface area (Å²) in [6.45, 7) is 3.69. The summed E-state index contributed by atoms with van der Waals surface area (Å²) < 4.78 is 0. The molecule has 2 saturated heterocycles. The van der Waals surface area contributed by atoms with Crippen molar-refractivity contribution in [1.29, 1.82) is 0 Å². The maximum absolute atomic E-state index is 3.36. The lowest BCUT2D eigenvalue weighted by molar-refractivity contribution is 0.117. The van der Waals surface area contributed by atoms with Gasteiger partial charge in [-0.1, -0.05) is 0 Å². The van der Waals surface area contributed by atoms with Crippen LogP contribution in [0.15, 0.2) is 0 Å². The van der Waals surface area contributed by atoms with Crippen LogP contribution in [0.25, 0.3) is 0 Å². The first-order valence-electron chi connectivity index (χ1n) is 4.08. The molecule has 2 aliphatic rings. The predicted molar refractivity (Wildman–Crippen MR) is 42.5 cm³/mol. The smallest absolute Gasteiger partial charge is 0.127 e. The van der Waals surface area contributed by atoms with Crippen molar-refractivity contribution in [2.75, 3.05) is 26.6 Å². The summed E-state index contributed by atoms with van der Waals surface area (Å²) in [6, 6.07) is 0. The lowest BCUT2D eigenvalue weighted by Crippen LogP contribution is -2.76. The van der Waals surface area contributed by atoms with Crippen LogP contribution >= 0.6 is 0 Å². The molecule has 64 valence electrons. The number of nitrogens with one attached hydrogen (secondary N) is 5. The SMILES string of the molecule is C1CC2(NCN1)NCNCN2. The summed E-state index contributed by atoms with van der Waals surface area (Å²) in [5.74, 6) is -0.0174. The Morgan fingerprint density at radius 2 is 1.45 bits per heavy atom. The van der Waals surface area contributed by atoms with E-state index in [1.165, 1.54) is 0 Å². The molecular formula is C6H15N5. The maximum atomic E-state index is 3.36. The van der Waals surface area contributed by atoms with E-state index in [4.69, 9.17) is 0 Å². The molecule has 0 radical (unpaired) electrons. The van der Waals surface area contributed by atoms with Crippen LogP contribution < -0.4 is 26.6 Å². The second-order valence-electron chi connectivity index (χ2n) is 2.97. The third kappa shape index (κ3) is 1.52. The first kappa shape index (κ1) is 7.45. The van der Waals surface area contributed by atoms with E-state index in [2.05, 4.69) is 26.6 Å². The van der Waals surface area contributed by atoms with E-state index in [0.717, 1.165) is 33.0 Å². The predicted octanol–water partition coefficient (Wildman–Crippen LogP) is -2.12. The Hall–Kier alpha value is -0.200. The lowest BCUT2D eigenvalue weighted by atomic mass is 10.2. The average Bonchev–Trinajstić information content (AvgIpc) is 2.07. The minimum absolute atomic E-state index is 0.0174. The molecule has 0 saturated carbocycles. The Bertz CT molecular complexity index is 105. The second kappa shape index (κ2) is 3.04. The summed E-state index contributed by atoms with van der Waals surface area (Å²) in [4.78, 5) is 0. The molecule has 0 atom stereocenters. The topological polar surface area (TPSA) is 60.1 Å². The molecule has 0 aromatic heterocycles. The van der Waals surface area contributed by atoms with Gasteiger partial charge in [0.25, 0.3) is 0 Å². The molecule has 2 aliphatic heterocycles. The van der Waals surface area contributed by atoms with Crippen molar-refractivity contribution in [2.24, 2.45) is 0 Å². The van der Waals surface area contributed by atoms with Crippen LogP contribution in [0.4, 0.5) is 0 Å². The van der Waals surface area contributed by atoms with Crippen LogP contribution in [0.1, 0.15) is 6.42 Å². The molecule has 2 fully saturated rings. The molecule has 0 bridgehead atoms. The fourth-order valence-corrected chi connectivity index (χ4v) is 1.52. The molecule has 5 N–H and O–H groups in total. The van der Waals surface area contributed by atoms with Crippen LogP contribution in [0.2, 0.25) is 0 Å². The number of hydrogen-bond donors (Lipinski definition) is 5. The molecule has 0 amide bonds. The van der Waals surface area contributed by atoms with Crippen molar-refractivity contribution in [3.8, 4) is 0 Å². The molecule has 5 nitrogen and oxygen atoms in total. The van der Waals surface area contributed by atoms with Gasteiger partial charge in [-0.3, -0.25) is 21.3 Å². The summed E-state index contributed by atoms with van der Waals surface area (Å²) in [5.41, 5.74) is 0. The highest BCUT2D eigenvalue weighted by molar-refractivity contribution is 4.87. The largest absolute Gasteiger partial charge is 0.304 e. The van der Waals surface area contributed by atoms with Crippen LogP contribution in [0, 0.1) is 0 Å². The zero-order valence-electron chi connectivity index (χ0n) is 6.54. The van der Waals surface area contributed by atoms with Gasteiger partial charge < -0.3 is 5.32 Å². The quantitative estimate of drug-likeness (QED) is 0.278. The van der Waals surface area contributed by atoms with E-state index >= 15 is 0 Å². The molecule has 5 heteroatoms. The average molecular weight is 157 g/mol. The Morgan fingerprint density at radius 1 is 0.818 bits per heavy atom. The van der Waals surface area contributed by atoms with Crippen LogP contribution in [-0.2, 0) is 0 Å². The first-order valence-corrected chi connectivity index (χ1v) is 4.08. The van der Waals surface area contributed by atoms with Crippen LogP contribution in [-0.4, -0.2) is 32.3 Å². The molecule has 0 aromatic carbocycles. The van der Waals surface area contributed by atoms with Gasteiger partial charge >= 0.3 is 0 Å². The van der Waals surface area contributed by atoms with Crippen molar-refractivity contribution < 1.29 is 0 Å². The fourth-order valence-electron chi connectivity index (χ4n) is 1.52. The highest BCUT2D eigenvalue weighted by atomic mass is 15.5. The minimum atomic E-state index is -0.0174. The monoisotopic (exact) mass is 157 g/mol. The van der Waals surface area contributed by atoms with Gasteiger partial charge in [-0.05, 0) is 0 Å². The zero-order valence-corrected chi connectivity index (χ0v) is 6.54. The van der Waals surface area contributed by atoms with Crippen molar-refractivity contribution in [2.45, 2.75) is 12.2 Å². The third-order valence-corrected chi connectivity index (χ3v) is 2.22. The third-order valence-electron chi connectivity index (χ3n) is 2.22. The molecule has 2 rings (SSSR count). The maximum Gasteiger partial charge on any atom is 0.127 e. The summed E-state index contributed by atoms with van der Waals surface area (Å²) in [7, 11) is 0. The molecule has 11 heavy (non-hydrogen) atoms. The Kier molecular flexibility index (Phi) is 2.06. The standard InChI is InChI=1S/C6H15N5/c1-2-7-3-9-6(1)10-4-8-5-11-6/h7-11H,1-5H2. The fraction of sp³-hybridized carbons (Fsp3) is 1.00. The van der Waals surface area contributed by atoms with E-state index in [0.29, 0.717) is 0 Å². The number of hydrogen-bond acceptors (Lipinski definition) is 5. The van der Waals surface area contributed by atoms with E-state index in [1.807, 2.05) is 0 Å². The molecule has 2 heterocycles. The molecule has 0 aliphatic carbocycles. The molecule has 0 unspecified atom stereocenters. The van der Waals surface area contributed by atoms with Gasteiger partial charge in [-0.25, -0.2) is 0 Å². The van der Waals surface area contributed by atoms with E-state index in [9.17, 15) is 0 Å². The highest BCUT2D eigenvalue weighted by Gasteiger charge is 2.31.